The summed E-state index contributed by atoms with van der Waals surface area (Å²) in [6.07, 6.45) is 6.64. The van der Waals surface area contributed by atoms with Gasteiger partial charge in [0.05, 0.1) is 5.69 Å². The van der Waals surface area contributed by atoms with Crippen LogP contribution in [0.4, 0.5) is 5.69 Å². The molecule has 0 unspecified atom stereocenters. The molecule has 0 amide bonds. The lowest BCUT2D eigenvalue weighted by Gasteiger charge is -2.48. The molecular formula is C18H27N3O2S2. The highest BCUT2D eigenvalue weighted by Gasteiger charge is 2.35. The quantitative estimate of drug-likeness (QED) is 0.777. The Morgan fingerprint density at radius 1 is 1.24 bits per heavy atom. The molecule has 0 atom stereocenters. The van der Waals surface area contributed by atoms with E-state index in [1.54, 1.807) is 0 Å². The van der Waals surface area contributed by atoms with E-state index in [9.17, 15) is 9.90 Å². The van der Waals surface area contributed by atoms with Crippen LogP contribution in [-0.4, -0.2) is 57.7 Å². The van der Waals surface area contributed by atoms with Gasteiger partial charge in [0.1, 0.15) is 4.88 Å². The average Bonchev–Trinajstić information content (AvgIpc) is 2.96. The molecule has 0 spiro atoms. The number of piperazine rings is 1. The van der Waals surface area contributed by atoms with Crippen molar-refractivity contribution in [2.75, 3.05) is 31.5 Å². The molecule has 7 heteroatoms. The van der Waals surface area contributed by atoms with Gasteiger partial charge in [-0.15, -0.1) is 11.3 Å². The van der Waals surface area contributed by atoms with E-state index in [4.69, 9.17) is 12.2 Å². The van der Waals surface area contributed by atoms with Gasteiger partial charge in [-0.2, -0.15) is 0 Å². The number of nitrogens with one attached hydrogen (secondary N) is 1. The lowest BCUT2D eigenvalue weighted by Crippen LogP contribution is -2.57. The van der Waals surface area contributed by atoms with Gasteiger partial charge in [-0.3, -0.25) is 4.90 Å². The molecule has 25 heavy (non-hydrogen) atoms. The smallest absolute Gasteiger partial charge is 0.348 e. The van der Waals surface area contributed by atoms with Gasteiger partial charge in [-0.25, -0.2) is 4.79 Å². The molecule has 2 aliphatic rings. The van der Waals surface area contributed by atoms with Crippen LogP contribution in [0.3, 0.4) is 0 Å². The van der Waals surface area contributed by atoms with Crippen LogP contribution in [0.5, 0.6) is 0 Å². The van der Waals surface area contributed by atoms with Gasteiger partial charge < -0.3 is 15.3 Å². The molecule has 2 N–H and O–H groups in total. The van der Waals surface area contributed by atoms with Crippen LogP contribution < -0.4 is 5.32 Å². The second-order valence-electron chi connectivity index (χ2n) is 7.39. The topological polar surface area (TPSA) is 55.8 Å². The summed E-state index contributed by atoms with van der Waals surface area (Å²) >= 11 is 6.80. The Kier molecular flexibility index (Phi) is 5.65. The molecule has 0 radical (unpaired) electrons. The van der Waals surface area contributed by atoms with Crippen molar-refractivity contribution in [3.05, 3.63) is 15.8 Å². The molecule has 2 heterocycles. The number of thiocarbonyl (C=S) groups is 1. The van der Waals surface area contributed by atoms with Crippen molar-refractivity contribution in [2.45, 2.75) is 51.5 Å². The Balaban J connectivity index is 1.59. The highest BCUT2D eigenvalue weighted by Crippen LogP contribution is 2.34. The lowest BCUT2D eigenvalue weighted by atomic mass is 9.81. The SMILES string of the molecule is Cc1csc(C(=O)O)c1NC(=S)N1CCN(C2(C)CCCCC2)CC1. The van der Waals surface area contributed by atoms with E-state index < -0.39 is 5.97 Å². The van der Waals surface area contributed by atoms with E-state index in [0.717, 1.165) is 31.7 Å². The molecule has 0 aromatic carbocycles. The van der Waals surface area contributed by atoms with Crippen LogP contribution in [-0.2, 0) is 0 Å². The van der Waals surface area contributed by atoms with Gasteiger partial charge in [-0.05, 0) is 49.9 Å². The van der Waals surface area contributed by atoms with Crippen molar-refractivity contribution in [1.82, 2.24) is 9.80 Å². The van der Waals surface area contributed by atoms with Crippen molar-refractivity contribution < 1.29 is 9.90 Å². The van der Waals surface area contributed by atoms with E-state index in [1.165, 1.54) is 43.4 Å². The predicted octanol–water partition coefficient (Wildman–Crippen LogP) is 3.79. The van der Waals surface area contributed by atoms with Crippen LogP contribution >= 0.6 is 23.6 Å². The molecule has 1 aliphatic carbocycles. The van der Waals surface area contributed by atoms with Crippen LogP contribution in [0.25, 0.3) is 0 Å². The van der Waals surface area contributed by atoms with Crippen LogP contribution in [0.1, 0.15) is 54.3 Å². The number of thiophene rings is 1. The Hall–Kier alpha value is -1.18. The summed E-state index contributed by atoms with van der Waals surface area (Å²) < 4.78 is 0. The maximum atomic E-state index is 11.4. The minimum Gasteiger partial charge on any atom is -0.477 e. The van der Waals surface area contributed by atoms with Gasteiger partial charge >= 0.3 is 5.97 Å². The highest BCUT2D eigenvalue weighted by atomic mass is 32.1. The zero-order valence-electron chi connectivity index (χ0n) is 15.0. The van der Waals surface area contributed by atoms with Crippen LogP contribution in [0, 0.1) is 6.92 Å². The molecule has 1 saturated heterocycles. The third-order valence-corrected chi connectivity index (χ3v) is 7.11. The molecule has 5 nitrogen and oxygen atoms in total. The summed E-state index contributed by atoms with van der Waals surface area (Å²) in [7, 11) is 0. The summed E-state index contributed by atoms with van der Waals surface area (Å²) in [4.78, 5) is 16.5. The third-order valence-electron chi connectivity index (χ3n) is 5.66. The normalized spacial score (nSPS) is 21.1. The number of carboxylic acids is 1. The fraction of sp³-hybridized carbons (Fsp3) is 0.667. The molecular weight excluding hydrogens is 354 g/mol. The zero-order chi connectivity index (χ0) is 18.0. The van der Waals surface area contributed by atoms with Crippen molar-refractivity contribution in [3.63, 3.8) is 0 Å². The summed E-state index contributed by atoms with van der Waals surface area (Å²) in [5.41, 5.74) is 1.92. The summed E-state index contributed by atoms with van der Waals surface area (Å²) in [5, 5.41) is 15.0. The van der Waals surface area contributed by atoms with Crippen molar-refractivity contribution in [3.8, 4) is 0 Å². The van der Waals surface area contributed by atoms with Crippen molar-refractivity contribution in [2.24, 2.45) is 0 Å². The first-order valence-corrected chi connectivity index (χ1v) is 10.3. The molecule has 0 bridgehead atoms. The molecule has 1 aromatic rings. The number of aryl methyl sites for hydroxylation is 1. The Bertz CT molecular complexity index is 645. The number of carboxylic acid groups (broad SMARTS) is 1. The third kappa shape index (κ3) is 3.99. The maximum absolute atomic E-state index is 11.4. The second-order valence-corrected chi connectivity index (χ2v) is 8.66. The average molecular weight is 382 g/mol. The fourth-order valence-corrected chi connectivity index (χ4v) is 5.15. The van der Waals surface area contributed by atoms with Crippen LogP contribution in [0.15, 0.2) is 5.38 Å². The van der Waals surface area contributed by atoms with E-state index in [0.29, 0.717) is 21.2 Å². The number of nitrogens with zero attached hydrogens (tertiary/aromatic N) is 2. The standard InChI is InChI=1S/C18H27N3O2S2/c1-13-12-25-15(16(22)23)14(13)19-17(24)20-8-10-21(11-9-20)18(2)6-4-3-5-7-18/h12H,3-11H2,1-2H3,(H,19,24)(H,22,23). The number of hydrogen-bond donors (Lipinski definition) is 2. The van der Waals surface area contributed by atoms with Gasteiger partial charge in [0.15, 0.2) is 5.11 Å². The maximum Gasteiger partial charge on any atom is 0.348 e. The molecule has 2 fully saturated rings. The van der Waals surface area contributed by atoms with E-state index in [1.807, 2.05) is 12.3 Å². The van der Waals surface area contributed by atoms with Gasteiger partial charge in [0.25, 0.3) is 0 Å². The van der Waals surface area contributed by atoms with Crippen LogP contribution in [0.2, 0.25) is 0 Å². The van der Waals surface area contributed by atoms with Crippen molar-refractivity contribution >= 4 is 40.3 Å². The molecule has 3 rings (SSSR count). The Morgan fingerprint density at radius 3 is 2.48 bits per heavy atom. The van der Waals surface area contributed by atoms with E-state index in [2.05, 4.69) is 22.0 Å². The first-order valence-electron chi connectivity index (χ1n) is 9.03. The van der Waals surface area contributed by atoms with E-state index in [-0.39, 0.29) is 0 Å². The fourth-order valence-electron chi connectivity index (χ4n) is 4.02. The summed E-state index contributed by atoms with van der Waals surface area (Å²) in [6.45, 7) is 8.15. The molecule has 1 aromatic heterocycles. The second kappa shape index (κ2) is 7.60. The minimum absolute atomic E-state index is 0.327. The number of carbonyl (C=O) groups is 1. The summed E-state index contributed by atoms with van der Waals surface area (Å²) in [5.74, 6) is -0.904. The monoisotopic (exact) mass is 381 g/mol. The van der Waals surface area contributed by atoms with Gasteiger partial charge in [-0.1, -0.05) is 19.3 Å². The number of rotatable bonds is 3. The van der Waals surface area contributed by atoms with Crippen molar-refractivity contribution in [1.29, 1.82) is 0 Å². The number of aromatic carboxylic acids is 1. The minimum atomic E-state index is -0.904. The van der Waals surface area contributed by atoms with Gasteiger partial charge in [0, 0.05) is 31.7 Å². The zero-order valence-corrected chi connectivity index (χ0v) is 16.6. The Labute approximate surface area is 159 Å². The lowest BCUT2D eigenvalue weighted by molar-refractivity contribution is 0.0358. The molecule has 138 valence electrons. The molecule has 1 aliphatic heterocycles. The summed E-state index contributed by atoms with van der Waals surface area (Å²) in [6, 6.07) is 0. The molecule has 1 saturated carbocycles. The largest absolute Gasteiger partial charge is 0.477 e. The number of anilines is 1. The van der Waals surface area contributed by atoms with E-state index >= 15 is 0 Å². The first-order chi connectivity index (χ1) is 11.9. The predicted molar refractivity (Wildman–Crippen MR) is 107 cm³/mol. The highest BCUT2D eigenvalue weighted by molar-refractivity contribution is 7.80. The first kappa shape index (κ1) is 18.6. The Morgan fingerprint density at radius 2 is 1.88 bits per heavy atom. The van der Waals surface area contributed by atoms with Gasteiger partial charge in [0.2, 0.25) is 0 Å². The number of hydrogen-bond acceptors (Lipinski definition) is 4.